The summed E-state index contributed by atoms with van der Waals surface area (Å²) >= 11 is 0. The van der Waals surface area contributed by atoms with Crippen molar-refractivity contribution in [2.45, 2.75) is 52.2 Å². The normalized spacial score (nSPS) is 20.5. The molecule has 5 rings (SSSR count). The van der Waals surface area contributed by atoms with E-state index < -0.39 is 11.4 Å². The zero-order valence-electron chi connectivity index (χ0n) is 21.2. The van der Waals surface area contributed by atoms with Gasteiger partial charge >= 0.3 is 5.97 Å². The van der Waals surface area contributed by atoms with Crippen LogP contribution in [0.25, 0.3) is 11.1 Å². The lowest BCUT2D eigenvalue weighted by Crippen LogP contribution is -2.61. The van der Waals surface area contributed by atoms with Crippen molar-refractivity contribution in [2.24, 2.45) is 10.6 Å². The van der Waals surface area contributed by atoms with E-state index in [2.05, 4.69) is 37.3 Å². The summed E-state index contributed by atoms with van der Waals surface area (Å²) in [5, 5.41) is 20.9. The summed E-state index contributed by atoms with van der Waals surface area (Å²) in [5.41, 5.74) is 2.03. The number of hydrogen-bond donors (Lipinski definition) is 2. The van der Waals surface area contributed by atoms with Gasteiger partial charge in [0.2, 0.25) is 0 Å². The third kappa shape index (κ3) is 4.61. The topological polar surface area (TPSA) is 113 Å². The van der Waals surface area contributed by atoms with E-state index >= 15 is 0 Å². The molecule has 0 aliphatic carbocycles. The number of aromatic amines is 1. The lowest BCUT2D eigenvalue weighted by Gasteiger charge is -2.45. The highest BCUT2D eigenvalue weighted by molar-refractivity contribution is 5.85. The number of nitrogens with one attached hydrogen (secondary N) is 1. The number of carboxylic acids is 1. The van der Waals surface area contributed by atoms with E-state index in [1.54, 1.807) is 6.20 Å². The number of likely N-dealkylation sites (tertiary alicyclic amines) is 2. The molecule has 1 aromatic carbocycles. The zero-order chi connectivity index (χ0) is 25.3. The Balaban J connectivity index is 1.22. The van der Waals surface area contributed by atoms with Gasteiger partial charge in [0.1, 0.15) is 17.3 Å². The van der Waals surface area contributed by atoms with E-state index in [1.165, 1.54) is 0 Å². The van der Waals surface area contributed by atoms with Crippen LogP contribution in [0.4, 0.5) is 0 Å². The zero-order valence-corrected chi connectivity index (χ0v) is 21.2. The number of benzene rings is 1. The Morgan fingerprint density at radius 2 is 1.83 bits per heavy atom. The maximum absolute atomic E-state index is 11.5. The van der Waals surface area contributed by atoms with Crippen LogP contribution in [0.2, 0.25) is 0 Å². The minimum Gasteiger partial charge on any atom is -0.493 e. The van der Waals surface area contributed by atoms with Gasteiger partial charge in [0.05, 0.1) is 36.8 Å². The Bertz CT molecular complexity index is 1090. The number of H-pyrrole nitrogens is 1. The lowest BCUT2D eigenvalue weighted by atomic mass is 9.80. The molecule has 0 atom stereocenters. The fraction of sp³-hybridized carbons (Fsp3) is 0.577. The summed E-state index contributed by atoms with van der Waals surface area (Å²) in [6.07, 6.45) is 5.64. The molecule has 2 N–H and O–H groups in total. The molecule has 194 valence electrons. The second-order valence-electron chi connectivity index (χ2n) is 10.3. The van der Waals surface area contributed by atoms with Crippen molar-refractivity contribution < 1.29 is 24.2 Å². The molecular weight excluding hydrogens is 462 g/mol. The van der Waals surface area contributed by atoms with Gasteiger partial charge < -0.3 is 24.3 Å². The largest absolute Gasteiger partial charge is 0.493 e. The average Bonchev–Trinajstić information content (AvgIpc) is 3.51. The van der Waals surface area contributed by atoms with Gasteiger partial charge in [0.25, 0.3) is 0 Å². The summed E-state index contributed by atoms with van der Waals surface area (Å²) in [7, 11) is 0. The van der Waals surface area contributed by atoms with Gasteiger partial charge in [0, 0.05) is 44.5 Å². The van der Waals surface area contributed by atoms with Gasteiger partial charge in [-0.1, -0.05) is 5.16 Å². The van der Waals surface area contributed by atoms with E-state index in [9.17, 15) is 9.90 Å². The van der Waals surface area contributed by atoms with Crippen molar-refractivity contribution in [1.29, 1.82) is 0 Å². The molecule has 10 heteroatoms. The second-order valence-corrected chi connectivity index (χ2v) is 10.3. The Hall–Kier alpha value is -3.27. The van der Waals surface area contributed by atoms with Gasteiger partial charge in [0.15, 0.2) is 5.60 Å². The van der Waals surface area contributed by atoms with E-state index in [0.29, 0.717) is 39.1 Å². The van der Waals surface area contributed by atoms with Crippen LogP contribution in [-0.4, -0.2) is 81.9 Å². The van der Waals surface area contributed by atoms with E-state index in [1.807, 2.05) is 27.0 Å². The monoisotopic (exact) mass is 497 g/mol. The first-order valence-electron chi connectivity index (χ1n) is 12.7. The number of amidine groups is 1. The number of carboxylic acid groups (broad SMARTS) is 1. The molecule has 0 radical (unpaired) electrons. The molecular formula is C26H35N5O5. The van der Waals surface area contributed by atoms with Crippen molar-refractivity contribution >= 4 is 11.8 Å². The minimum atomic E-state index is -0.712. The van der Waals surface area contributed by atoms with E-state index in [4.69, 9.17) is 14.3 Å². The smallest absolute Gasteiger partial charge is 0.309 e. The van der Waals surface area contributed by atoms with Crippen molar-refractivity contribution in [3.63, 3.8) is 0 Å². The molecule has 3 aliphatic heterocycles. The van der Waals surface area contributed by atoms with Crippen LogP contribution in [0.3, 0.4) is 0 Å². The van der Waals surface area contributed by atoms with Gasteiger partial charge in [-0.05, 0) is 51.3 Å². The van der Waals surface area contributed by atoms with Gasteiger partial charge in [-0.2, -0.15) is 5.10 Å². The first-order chi connectivity index (χ1) is 17.3. The molecule has 0 bridgehead atoms. The molecule has 2 aromatic rings. The fourth-order valence-corrected chi connectivity index (χ4v) is 5.40. The minimum absolute atomic E-state index is 0.287. The summed E-state index contributed by atoms with van der Waals surface area (Å²) in [6, 6.07) is 4.17. The maximum atomic E-state index is 11.5. The molecule has 1 aromatic heterocycles. The van der Waals surface area contributed by atoms with Crippen LogP contribution in [0.5, 0.6) is 11.5 Å². The number of nitrogens with zero attached hydrogens (tertiary/aromatic N) is 4. The molecule has 0 unspecified atom stereocenters. The second kappa shape index (κ2) is 9.65. The highest BCUT2D eigenvalue weighted by Gasteiger charge is 2.51. The maximum Gasteiger partial charge on any atom is 0.309 e. The van der Waals surface area contributed by atoms with Gasteiger partial charge in [-0.3, -0.25) is 14.8 Å². The highest BCUT2D eigenvalue weighted by atomic mass is 16.7. The number of rotatable bonds is 8. The predicted octanol–water partition coefficient (Wildman–Crippen LogP) is 3.35. The lowest BCUT2D eigenvalue weighted by molar-refractivity contribution is -0.150. The number of oxime groups is 1. The third-order valence-corrected chi connectivity index (χ3v) is 7.52. The number of ether oxygens (including phenoxy) is 2. The van der Waals surface area contributed by atoms with Crippen molar-refractivity contribution in [2.75, 3.05) is 39.4 Å². The number of aromatic nitrogens is 2. The van der Waals surface area contributed by atoms with Crippen LogP contribution in [0, 0.1) is 5.41 Å². The molecule has 0 amide bonds. The molecule has 10 nitrogen and oxygen atoms in total. The quantitative estimate of drug-likeness (QED) is 0.571. The first kappa shape index (κ1) is 24.4. The molecule has 0 saturated carbocycles. The Morgan fingerprint density at radius 1 is 1.17 bits per heavy atom. The molecule has 2 fully saturated rings. The first-order valence-corrected chi connectivity index (χ1v) is 12.7. The molecule has 36 heavy (non-hydrogen) atoms. The Kier molecular flexibility index (Phi) is 6.55. The van der Waals surface area contributed by atoms with Crippen molar-refractivity contribution in [3.8, 4) is 22.6 Å². The Morgan fingerprint density at radius 3 is 2.39 bits per heavy atom. The molecule has 3 aliphatic rings. The van der Waals surface area contributed by atoms with Gasteiger partial charge in [-0.25, -0.2) is 0 Å². The summed E-state index contributed by atoms with van der Waals surface area (Å²) in [4.78, 5) is 22.0. The average molecular weight is 498 g/mol. The van der Waals surface area contributed by atoms with E-state index in [0.717, 1.165) is 60.1 Å². The van der Waals surface area contributed by atoms with Crippen LogP contribution in [-0.2, 0) is 16.2 Å². The fourth-order valence-electron chi connectivity index (χ4n) is 5.40. The van der Waals surface area contributed by atoms with Crippen molar-refractivity contribution in [3.05, 3.63) is 30.1 Å². The number of hydrogen-bond acceptors (Lipinski definition) is 8. The van der Waals surface area contributed by atoms with Crippen molar-refractivity contribution in [1.82, 2.24) is 20.0 Å². The highest BCUT2D eigenvalue weighted by Crippen LogP contribution is 2.42. The number of aliphatic carboxylic acids is 1. The third-order valence-electron chi connectivity index (χ3n) is 7.52. The number of carbonyl (C=O) groups is 1. The van der Waals surface area contributed by atoms with Crippen LogP contribution >= 0.6 is 0 Å². The standard InChI is InChI=1S/C26H35N5O5/c1-4-34-20-10-18(11-21(35-5-2)23(20)19-13-27-28-14-19)15-30-16-26(17-30)12-22(29-36-26)31-8-6-25(3,7-9-31)24(32)33/h10-11,13-14H,4-9,12,15-17H2,1-3H3,(H,27,28)(H,32,33). The van der Waals surface area contributed by atoms with Gasteiger partial charge in [-0.15, -0.1) is 0 Å². The number of piperidine rings is 1. The summed E-state index contributed by atoms with van der Waals surface area (Å²) < 4.78 is 12.0. The summed E-state index contributed by atoms with van der Waals surface area (Å²) in [5.74, 6) is 1.81. The predicted molar refractivity (Wildman–Crippen MR) is 134 cm³/mol. The van der Waals surface area contributed by atoms with Crippen LogP contribution in [0.15, 0.2) is 29.7 Å². The van der Waals surface area contributed by atoms with Crippen LogP contribution in [0.1, 0.15) is 45.6 Å². The molecule has 4 heterocycles. The molecule has 2 saturated heterocycles. The van der Waals surface area contributed by atoms with E-state index in [-0.39, 0.29) is 5.60 Å². The van der Waals surface area contributed by atoms with Crippen LogP contribution < -0.4 is 9.47 Å². The SMILES string of the molecule is CCOc1cc(CN2CC3(CC(N4CCC(C)(C(=O)O)CC4)=NO3)C2)cc(OCC)c1-c1cn[nH]c1. The Labute approximate surface area is 211 Å². The summed E-state index contributed by atoms with van der Waals surface area (Å²) in [6.45, 7) is 10.6. The molecule has 1 spiro atoms.